The van der Waals surface area contributed by atoms with E-state index in [1.54, 1.807) is 10.6 Å². The van der Waals surface area contributed by atoms with Crippen LogP contribution in [0.5, 0.6) is 0 Å². The maximum Gasteiger partial charge on any atom is 0.276 e. The van der Waals surface area contributed by atoms with Gasteiger partial charge in [-0.3, -0.25) is 14.7 Å². The summed E-state index contributed by atoms with van der Waals surface area (Å²) in [6, 6.07) is 1.76. The van der Waals surface area contributed by atoms with Crippen molar-refractivity contribution in [2.45, 2.75) is 45.8 Å². The van der Waals surface area contributed by atoms with Crippen molar-refractivity contribution in [1.29, 1.82) is 0 Å². The van der Waals surface area contributed by atoms with Crippen LogP contribution in [0.2, 0.25) is 0 Å². The van der Waals surface area contributed by atoms with Crippen molar-refractivity contribution in [2.75, 3.05) is 5.32 Å². The molecule has 0 bridgehead atoms. The molecule has 0 saturated heterocycles. The van der Waals surface area contributed by atoms with Gasteiger partial charge >= 0.3 is 0 Å². The number of anilines is 2. The first-order valence-electron chi connectivity index (χ1n) is 7.92. The van der Waals surface area contributed by atoms with Gasteiger partial charge in [-0.15, -0.1) is 0 Å². The monoisotopic (exact) mass is 328 g/mol. The Bertz CT molecular complexity index is 889. The molecule has 0 saturated carbocycles. The van der Waals surface area contributed by atoms with Crippen LogP contribution < -0.4 is 21.5 Å². The van der Waals surface area contributed by atoms with Gasteiger partial charge in [-0.25, -0.2) is 9.97 Å². The van der Waals surface area contributed by atoms with Crippen molar-refractivity contribution >= 4 is 11.5 Å². The van der Waals surface area contributed by atoms with Gasteiger partial charge in [0, 0.05) is 18.7 Å². The molecule has 0 radical (unpaired) electrons. The molecular weight excluding hydrogens is 308 g/mol. The summed E-state index contributed by atoms with van der Waals surface area (Å²) in [7, 11) is 0. The fourth-order valence-electron chi connectivity index (χ4n) is 3.54. The molecule has 0 spiro atoms. The molecule has 2 aromatic heterocycles. The first kappa shape index (κ1) is 15.3. The summed E-state index contributed by atoms with van der Waals surface area (Å²) < 4.78 is 1.61. The highest BCUT2D eigenvalue weighted by molar-refractivity contribution is 5.61. The summed E-state index contributed by atoms with van der Waals surface area (Å²) in [5.74, 6) is 0.645. The molecule has 24 heavy (non-hydrogen) atoms. The highest BCUT2D eigenvalue weighted by Gasteiger charge is 2.37. The zero-order chi connectivity index (χ0) is 17.1. The van der Waals surface area contributed by atoms with E-state index in [1.807, 2.05) is 20.8 Å². The van der Waals surface area contributed by atoms with E-state index in [0.717, 1.165) is 16.8 Å². The molecular formula is C16H20N6O2. The molecule has 0 aromatic carbocycles. The Hall–Kier alpha value is -2.29. The van der Waals surface area contributed by atoms with Crippen LogP contribution in [0.4, 0.5) is 11.5 Å². The van der Waals surface area contributed by atoms with Gasteiger partial charge in [-0.1, -0.05) is 0 Å². The van der Waals surface area contributed by atoms with E-state index in [9.17, 15) is 9.90 Å². The average Bonchev–Trinajstić information content (AvgIpc) is 3.07. The smallest absolute Gasteiger partial charge is 0.276 e. The number of aryl methyl sites for hydroxylation is 1. The van der Waals surface area contributed by atoms with Crippen molar-refractivity contribution in [1.82, 2.24) is 25.2 Å². The quantitative estimate of drug-likeness (QED) is 0.639. The molecule has 2 aromatic rings. The highest BCUT2D eigenvalue weighted by Crippen LogP contribution is 2.31. The molecule has 0 aliphatic carbocycles. The zero-order valence-electron chi connectivity index (χ0n) is 13.8. The molecule has 0 fully saturated rings. The minimum Gasteiger partial charge on any atom is -0.373 e. The van der Waals surface area contributed by atoms with Crippen molar-refractivity contribution in [3.05, 3.63) is 45.3 Å². The third kappa shape index (κ3) is 2.15. The van der Waals surface area contributed by atoms with Gasteiger partial charge in [0.25, 0.3) is 5.56 Å². The molecule has 8 heteroatoms. The molecule has 4 heterocycles. The lowest BCUT2D eigenvalue weighted by Crippen LogP contribution is -2.42. The second-order valence-electron chi connectivity index (χ2n) is 6.75. The second-order valence-corrected chi connectivity index (χ2v) is 6.75. The van der Waals surface area contributed by atoms with Crippen molar-refractivity contribution in [2.24, 2.45) is 0 Å². The number of aliphatic hydroxyl groups is 1. The maximum absolute atomic E-state index is 13.0. The van der Waals surface area contributed by atoms with Crippen LogP contribution in [0.15, 0.2) is 17.2 Å². The molecule has 8 nitrogen and oxygen atoms in total. The zero-order valence-corrected chi connectivity index (χ0v) is 13.8. The van der Waals surface area contributed by atoms with E-state index in [4.69, 9.17) is 0 Å². The summed E-state index contributed by atoms with van der Waals surface area (Å²) in [4.78, 5) is 21.5. The first-order valence-corrected chi connectivity index (χ1v) is 7.92. The van der Waals surface area contributed by atoms with Crippen LogP contribution in [-0.2, 0) is 18.8 Å². The number of hydrogen-bond donors (Lipinski definition) is 4. The molecule has 126 valence electrons. The minimum atomic E-state index is -0.853. The van der Waals surface area contributed by atoms with Crippen molar-refractivity contribution in [3.8, 4) is 0 Å². The van der Waals surface area contributed by atoms with Gasteiger partial charge < -0.3 is 15.7 Å². The van der Waals surface area contributed by atoms with Crippen LogP contribution in [0.1, 0.15) is 42.6 Å². The van der Waals surface area contributed by atoms with Crippen LogP contribution in [0.25, 0.3) is 0 Å². The Kier molecular flexibility index (Phi) is 3.24. The predicted molar refractivity (Wildman–Crippen MR) is 88.7 cm³/mol. The number of pyridine rings is 1. The lowest BCUT2D eigenvalue weighted by Gasteiger charge is -2.23. The Labute approximate surface area is 139 Å². The van der Waals surface area contributed by atoms with Gasteiger partial charge in [-0.05, 0) is 32.4 Å². The van der Waals surface area contributed by atoms with E-state index >= 15 is 0 Å². The number of nitrogens with one attached hydrogen (secondary N) is 3. The molecule has 4 rings (SSSR count). The Morgan fingerprint density at radius 2 is 2.17 bits per heavy atom. The normalized spacial score (nSPS) is 20.8. The van der Waals surface area contributed by atoms with Crippen LogP contribution in [0, 0.1) is 6.92 Å². The number of nitrogens with zero attached hydrogens (tertiary/aromatic N) is 3. The van der Waals surface area contributed by atoms with E-state index < -0.39 is 11.9 Å². The second kappa shape index (κ2) is 5.10. The fraction of sp³-hybridized carbons (Fsp3) is 0.438. The summed E-state index contributed by atoms with van der Waals surface area (Å²) >= 11 is 0. The Morgan fingerprint density at radius 1 is 1.38 bits per heavy atom. The molecule has 1 unspecified atom stereocenters. The summed E-state index contributed by atoms with van der Waals surface area (Å²) in [6.07, 6.45) is 0.649. The van der Waals surface area contributed by atoms with Gasteiger partial charge in [0.1, 0.15) is 24.1 Å². The van der Waals surface area contributed by atoms with Crippen LogP contribution in [-0.4, -0.2) is 19.6 Å². The Morgan fingerprint density at radius 3 is 2.96 bits per heavy atom. The fourth-order valence-corrected chi connectivity index (χ4v) is 3.54. The van der Waals surface area contributed by atoms with E-state index in [2.05, 4.69) is 25.9 Å². The van der Waals surface area contributed by atoms with Crippen LogP contribution in [0.3, 0.4) is 0 Å². The molecule has 0 amide bonds. The van der Waals surface area contributed by atoms with Gasteiger partial charge in [0.05, 0.1) is 17.1 Å². The van der Waals surface area contributed by atoms with Gasteiger partial charge in [-0.2, -0.15) is 0 Å². The van der Waals surface area contributed by atoms with Gasteiger partial charge in [0.15, 0.2) is 0 Å². The average molecular weight is 328 g/mol. The van der Waals surface area contributed by atoms with Crippen molar-refractivity contribution < 1.29 is 5.11 Å². The molecule has 2 aliphatic heterocycles. The highest BCUT2D eigenvalue weighted by atomic mass is 16.3. The molecule has 2 aliphatic rings. The summed E-state index contributed by atoms with van der Waals surface area (Å²) in [5, 5.41) is 19.6. The SMILES string of the molecule is Cc1cc(Nc2ncnc3c2CNC3)c(=O)n2c1C(O)NC2(C)C. The number of aliphatic hydroxyl groups excluding tert-OH is 1. The van der Waals surface area contributed by atoms with E-state index in [1.165, 1.54) is 6.33 Å². The predicted octanol–water partition coefficient (Wildman–Crippen LogP) is 0.580. The number of fused-ring (bicyclic) bond motifs is 2. The topological polar surface area (TPSA) is 104 Å². The third-order valence-electron chi connectivity index (χ3n) is 4.63. The lowest BCUT2D eigenvalue weighted by molar-refractivity contribution is 0.118. The standard InChI is InChI=1S/C16H20N6O2/c1-8-4-10(15(24)22-12(8)14(23)21-16(22,2)3)20-13-9-5-17-6-11(9)18-7-19-13/h4,7,14,17,21,23H,5-6H2,1-3H3,(H,18,19,20). The van der Waals surface area contributed by atoms with Crippen molar-refractivity contribution in [3.63, 3.8) is 0 Å². The number of hydrogen-bond acceptors (Lipinski definition) is 7. The van der Waals surface area contributed by atoms with E-state index in [0.29, 0.717) is 30.3 Å². The van der Waals surface area contributed by atoms with Gasteiger partial charge in [0.2, 0.25) is 0 Å². The number of rotatable bonds is 2. The number of aromatic nitrogens is 3. The first-order chi connectivity index (χ1) is 11.4. The summed E-state index contributed by atoms with van der Waals surface area (Å²) in [6.45, 7) is 7.00. The largest absolute Gasteiger partial charge is 0.373 e. The van der Waals surface area contributed by atoms with E-state index in [-0.39, 0.29) is 5.56 Å². The Balaban J connectivity index is 1.83. The minimum absolute atomic E-state index is 0.192. The summed E-state index contributed by atoms with van der Waals surface area (Å²) in [5.41, 5.74) is 2.96. The molecule has 1 atom stereocenters. The van der Waals surface area contributed by atoms with Crippen LogP contribution >= 0.6 is 0 Å². The third-order valence-corrected chi connectivity index (χ3v) is 4.63. The molecule has 4 N–H and O–H groups in total. The lowest BCUT2D eigenvalue weighted by atomic mass is 10.1. The maximum atomic E-state index is 13.0.